The van der Waals surface area contributed by atoms with Crippen LogP contribution in [0.25, 0.3) is 10.9 Å². The summed E-state index contributed by atoms with van der Waals surface area (Å²) in [5, 5.41) is 11.4. The van der Waals surface area contributed by atoms with Gasteiger partial charge < -0.3 is 5.11 Å². The number of pyridine rings is 2. The minimum absolute atomic E-state index is 0.260. The summed E-state index contributed by atoms with van der Waals surface area (Å²) in [5.41, 5.74) is 0.919. The summed E-state index contributed by atoms with van der Waals surface area (Å²) in [7, 11) is 0. The Morgan fingerprint density at radius 3 is 2.76 bits per heavy atom. The standard InChI is InChI=1S/C15H9BrN2O2S/c16-11-4-2-8-17-14(11)21-13-7-6-9-10(15(19)20)3-1-5-12(9)18-13/h1-8H,(H,19,20). The van der Waals surface area contributed by atoms with Gasteiger partial charge in [0.1, 0.15) is 10.1 Å². The molecule has 0 fully saturated rings. The predicted octanol–water partition coefficient (Wildman–Crippen LogP) is 4.24. The number of benzene rings is 1. The van der Waals surface area contributed by atoms with Crippen molar-refractivity contribution in [3.63, 3.8) is 0 Å². The van der Waals surface area contributed by atoms with Crippen LogP contribution in [0.15, 0.2) is 63.2 Å². The molecule has 104 valence electrons. The van der Waals surface area contributed by atoms with Gasteiger partial charge in [-0.2, -0.15) is 0 Å². The van der Waals surface area contributed by atoms with E-state index in [1.54, 1.807) is 36.5 Å². The molecule has 0 aliphatic rings. The molecular weight excluding hydrogens is 352 g/mol. The fourth-order valence-corrected chi connectivity index (χ4v) is 3.18. The maximum atomic E-state index is 11.2. The summed E-state index contributed by atoms with van der Waals surface area (Å²) in [6.07, 6.45) is 1.72. The lowest BCUT2D eigenvalue weighted by Gasteiger charge is -2.05. The van der Waals surface area contributed by atoms with Gasteiger partial charge >= 0.3 is 5.97 Å². The van der Waals surface area contributed by atoms with Gasteiger partial charge in [-0.15, -0.1) is 0 Å². The number of carbonyl (C=O) groups is 1. The third-order valence-corrected chi connectivity index (χ3v) is 4.72. The fraction of sp³-hybridized carbons (Fsp3) is 0. The summed E-state index contributed by atoms with van der Waals surface area (Å²) in [5.74, 6) is -0.949. The Labute approximate surface area is 133 Å². The lowest BCUT2D eigenvalue weighted by Crippen LogP contribution is -1.98. The maximum absolute atomic E-state index is 11.2. The van der Waals surface area contributed by atoms with Crippen molar-refractivity contribution in [2.45, 2.75) is 10.1 Å². The van der Waals surface area contributed by atoms with Crippen molar-refractivity contribution in [1.29, 1.82) is 0 Å². The monoisotopic (exact) mass is 360 g/mol. The minimum atomic E-state index is -0.949. The van der Waals surface area contributed by atoms with Crippen molar-refractivity contribution in [2.24, 2.45) is 0 Å². The molecule has 1 aromatic carbocycles. The van der Waals surface area contributed by atoms with Crippen molar-refractivity contribution in [3.8, 4) is 0 Å². The van der Waals surface area contributed by atoms with Crippen molar-refractivity contribution in [3.05, 3.63) is 58.7 Å². The molecule has 0 spiro atoms. The zero-order chi connectivity index (χ0) is 14.8. The highest BCUT2D eigenvalue weighted by Gasteiger charge is 2.10. The van der Waals surface area contributed by atoms with E-state index in [1.807, 2.05) is 12.1 Å². The number of halogens is 1. The van der Waals surface area contributed by atoms with Crippen molar-refractivity contribution >= 4 is 44.6 Å². The highest BCUT2D eigenvalue weighted by molar-refractivity contribution is 9.10. The Kier molecular flexibility index (Phi) is 3.90. The molecular formula is C15H9BrN2O2S. The van der Waals surface area contributed by atoms with Gasteiger partial charge in [-0.25, -0.2) is 14.8 Å². The van der Waals surface area contributed by atoms with Gasteiger partial charge in [0, 0.05) is 11.6 Å². The van der Waals surface area contributed by atoms with Crippen LogP contribution in [0.2, 0.25) is 0 Å². The van der Waals surface area contributed by atoms with E-state index in [2.05, 4.69) is 25.9 Å². The highest BCUT2D eigenvalue weighted by atomic mass is 79.9. The second-order valence-electron chi connectivity index (χ2n) is 4.22. The Hall–Kier alpha value is -1.92. The third kappa shape index (κ3) is 2.91. The Balaban J connectivity index is 2.03. The van der Waals surface area contributed by atoms with Gasteiger partial charge in [-0.1, -0.05) is 6.07 Å². The van der Waals surface area contributed by atoms with Gasteiger partial charge in [-0.05, 0) is 64.1 Å². The first-order valence-electron chi connectivity index (χ1n) is 6.06. The third-order valence-electron chi connectivity index (χ3n) is 2.86. The summed E-state index contributed by atoms with van der Waals surface area (Å²) >= 11 is 4.87. The zero-order valence-electron chi connectivity index (χ0n) is 10.7. The molecule has 3 aromatic rings. The molecule has 0 unspecified atom stereocenters. The topological polar surface area (TPSA) is 63.1 Å². The van der Waals surface area contributed by atoms with Gasteiger partial charge in [0.2, 0.25) is 0 Å². The lowest BCUT2D eigenvalue weighted by atomic mass is 10.1. The SMILES string of the molecule is O=C(O)c1cccc2nc(Sc3ncccc3Br)ccc12. The fourth-order valence-electron chi connectivity index (χ4n) is 1.92. The maximum Gasteiger partial charge on any atom is 0.336 e. The minimum Gasteiger partial charge on any atom is -0.478 e. The van der Waals surface area contributed by atoms with Crippen LogP contribution in [0.3, 0.4) is 0 Å². The molecule has 3 rings (SSSR count). The van der Waals surface area contributed by atoms with Crippen molar-refractivity contribution in [1.82, 2.24) is 9.97 Å². The van der Waals surface area contributed by atoms with E-state index >= 15 is 0 Å². The molecule has 0 aliphatic heterocycles. The van der Waals surface area contributed by atoms with E-state index in [0.29, 0.717) is 10.9 Å². The summed E-state index contributed by atoms with van der Waals surface area (Å²) in [6, 6.07) is 12.4. The molecule has 1 N–H and O–H groups in total. The van der Waals surface area contributed by atoms with Crippen molar-refractivity contribution in [2.75, 3.05) is 0 Å². The van der Waals surface area contributed by atoms with E-state index in [4.69, 9.17) is 0 Å². The number of carboxylic acid groups (broad SMARTS) is 1. The number of fused-ring (bicyclic) bond motifs is 1. The summed E-state index contributed by atoms with van der Waals surface area (Å²) in [4.78, 5) is 20.0. The summed E-state index contributed by atoms with van der Waals surface area (Å²) in [6.45, 7) is 0. The van der Waals surface area contributed by atoms with Gasteiger partial charge in [-0.3, -0.25) is 0 Å². The average Bonchev–Trinajstić information content (AvgIpc) is 2.48. The van der Waals surface area contributed by atoms with Crippen LogP contribution in [-0.4, -0.2) is 21.0 Å². The second kappa shape index (κ2) is 5.83. The highest BCUT2D eigenvalue weighted by Crippen LogP contribution is 2.31. The first-order valence-corrected chi connectivity index (χ1v) is 7.67. The molecule has 0 radical (unpaired) electrons. The van der Waals surface area contributed by atoms with E-state index in [1.165, 1.54) is 11.8 Å². The smallest absolute Gasteiger partial charge is 0.336 e. The van der Waals surface area contributed by atoms with Gasteiger partial charge in [0.15, 0.2) is 0 Å². The number of aromatic carboxylic acids is 1. The first-order chi connectivity index (χ1) is 10.1. The van der Waals surface area contributed by atoms with Gasteiger partial charge in [0.25, 0.3) is 0 Å². The Morgan fingerprint density at radius 2 is 2.00 bits per heavy atom. The quantitative estimate of drug-likeness (QED) is 0.756. The molecule has 4 nitrogen and oxygen atoms in total. The van der Waals surface area contributed by atoms with Crippen LogP contribution < -0.4 is 0 Å². The first kappa shape index (κ1) is 14.0. The Morgan fingerprint density at radius 1 is 1.14 bits per heavy atom. The molecule has 0 bridgehead atoms. The van der Waals surface area contributed by atoms with Crippen LogP contribution in [0.4, 0.5) is 0 Å². The van der Waals surface area contributed by atoms with Crippen LogP contribution in [0, 0.1) is 0 Å². The van der Waals surface area contributed by atoms with E-state index < -0.39 is 5.97 Å². The second-order valence-corrected chi connectivity index (χ2v) is 6.08. The molecule has 0 saturated heterocycles. The molecule has 0 aliphatic carbocycles. The lowest BCUT2D eigenvalue weighted by molar-refractivity contribution is 0.0699. The van der Waals surface area contributed by atoms with Crippen LogP contribution >= 0.6 is 27.7 Å². The zero-order valence-corrected chi connectivity index (χ0v) is 13.1. The van der Waals surface area contributed by atoms with E-state index in [0.717, 1.165) is 14.5 Å². The predicted molar refractivity (Wildman–Crippen MR) is 84.8 cm³/mol. The average molecular weight is 361 g/mol. The largest absolute Gasteiger partial charge is 0.478 e. The number of rotatable bonds is 3. The molecule has 2 heterocycles. The van der Waals surface area contributed by atoms with Gasteiger partial charge in [0.05, 0.1) is 15.6 Å². The number of hydrogen-bond acceptors (Lipinski definition) is 4. The van der Waals surface area contributed by atoms with E-state index in [-0.39, 0.29) is 5.56 Å². The summed E-state index contributed by atoms with van der Waals surface area (Å²) < 4.78 is 0.899. The number of nitrogens with zero attached hydrogens (tertiary/aromatic N) is 2. The van der Waals surface area contributed by atoms with E-state index in [9.17, 15) is 9.90 Å². The van der Waals surface area contributed by atoms with Crippen LogP contribution in [-0.2, 0) is 0 Å². The Bertz CT molecular complexity index is 839. The van der Waals surface area contributed by atoms with Crippen molar-refractivity contribution < 1.29 is 9.90 Å². The normalized spacial score (nSPS) is 10.7. The number of aromatic nitrogens is 2. The van der Waals surface area contributed by atoms with Crippen LogP contribution in [0.5, 0.6) is 0 Å². The molecule has 0 saturated carbocycles. The molecule has 6 heteroatoms. The number of hydrogen-bond donors (Lipinski definition) is 1. The molecule has 2 aromatic heterocycles. The molecule has 21 heavy (non-hydrogen) atoms. The molecule has 0 atom stereocenters. The van der Waals surface area contributed by atoms with Crippen LogP contribution in [0.1, 0.15) is 10.4 Å². The number of carboxylic acids is 1. The molecule has 0 amide bonds.